The Kier molecular flexibility index (Phi) is 3.90. The maximum absolute atomic E-state index is 9.17. The molecule has 1 aromatic rings. The monoisotopic (exact) mass is 173 g/mol. The summed E-state index contributed by atoms with van der Waals surface area (Å²) >= 11 is 0. The highest BCUT2D eigenvalue weighted by molar-refractivity contribution is 5.85. The van der Waals surface area contributed by atoms with E-state index in [0.717, 1.165) is 5.56 Å². The molecule has 1 N–H and O–H groups in total. The molecule has 0 aromatic carbocycles. The number of aromatic nitrogens is 1. The Morgan fingerprint density at radius 1 is 1.45 bits per heavy atom. The average Bonchev–Trinajstić information content (AvgIpc) is 1.88. The van der Waals surface area contributed by atoms with Crippen molar-refractivity contribution < 1.29 is 5.11 Å². The Hall–Kier alpha value is -0.760. The Labute approximate surface area is 72.7 Å². The first-order chi connectivity index (χ1) is 4.72. The zero-order valence-electron chi connectivity index (χ0n) is 6.61. The van der Waals surface area contributed by atoms with E-state index in [1.165, 1.54) is 0 Å². The summed E-state index contributed by atoms with van der Waals surface area (Å²) in [7, 11) is 0. The van der Waals surface area contributed by atoms with Gasteiger partial charge in [-0.1, -0.05) is 19.9 Å². The number of rotatable bonds is 1. The summed E-state index contributed by atoms with van der Waals surface area (Å²) in [4.78, 5) is 3.76. The largest absolute Gasteiger partial charge is 0.493 e. The van der Waals surface area contributed by atoms with Gasteiger partial charge in [-0.2, -0.15) is 0 Å². The van der Waals surface area contributed by atoms with Gasteiger partial charge in [0.2, 0.25) is 5.88 Å². The van der Waals surface area contributed by atoms with Crippen molar-refractivity contribution in [3.05, 3.63) is 23.9 Å². The lowest BCUT2D eigenvalue weighted by Gasteiger charge is -2.04. The molecule has 0 aliphatic rings. The molecule has 0 spiro atoms. The lowest BCUT2D eigenvalue weighted by atomic mass is 10.1. The molecule has 0 atom stereocenters. The summed E-state index contributed by atoms with van der Waals surface area (Å²) in [5.74, 6) is 0.492. The van der Waals surface area contributed by atoms with Crippen molar-refractivity contribution in [1.29, 1.82) is 0 Å². The number of nitrogens with zero attached hydrogens (tertiary/aromatic N) is 1. The average molecular weight is 174 g/mol. The minimum atomic E-state index is 0. The fourth-order valence-electron chi connectivity index (χ4n) is 0.860. The van der Waals surface area contributed by atoms with E-state index in [1.54, 1.807) is 6.20 Å². The predicted molar refractivity (Wildman–Crippen MR) is 47.2 cm³/mol. The third-order valence-corrected chi connectivity index (χ3v) is 1.44. The van der Waals surface area contributed by atoms with Gasteiger partial charge in [0.05, 0.1) is 0 Å². The minimum Gasteiger partial charge on any atom is -0.493 e. The molecule has 2 nitrogen and oxygen atoms in total. The third kappa shape index (κ3) is 2.39. The maximum atomic E-state index is 9.17. The quantitative estimate of drug-likeness (QED) is 0.707. The minimum absolute atomic E-state index is 0. The Bertz CT molecular complexity index is 225. The number of hydrogen-bond acceptors (Lipinski definition) is 2. The first-order valence-electron chi connectivity index (χ1n) is 3.35. The van der Waals surface area contributed by atoms with Crippen LogP contribution in [0, 0.1) is 0 Å². The molecular formula is C8H12ClNO. The van der Waals surface area contributed by atoms with Crippen molar-refractivity contribution >= 4 is 12.4 Å². The van der Waals surface area contributed by atoms with E-state index in [2.05, 4.69) is 4.98 Å². The Morgan fingerprint density at radius 3 is 2.45 bits per heavy atom. The normalized spacial score (nSPS) is 9.36. The van der Waals surface area contributed by atoms with Crippen molar-refractivity contribution in [1.82, 2.24) is 4.98 Å². The molecule has 0 bridgehead atoms. The van der Waals surface area contributed by atoms with Gasteiger partial charge in [0.25, 0.3) is 0 Å². The summed E-state index contributed by atoms with van der Waals surface area (Å²) in [6.45, 7) is 4.05. The fraction of sp³-hybridized carbons (Fsp3) is 0.375. The molecule has 3 heteroatoms. The molecule has 0 radical (unpaired) electrons. The lowest BCUT2D eigenvalue weighted by Crippen LogP contribution is -1.88. The van der Waals surface area contributed by atoms with Crippen LogP contribution in [0.4, 0.5) is 0 Å². The number of pyridine rings is 1. The second-order valence-electron chi connectivity index (χ2n) is 2.57. The first kappa shape index (κ1) is 10.2. The Morgan fingerprint density at radius 2 is 2.09 bits per heavy atom. The third-order valence-electron chi connectivity index (χ3n) is 1.44. The van der Waals surface area contributed by atoms with Gasteiger partial charge in [-0.05, 0) is 12.0 Å². The van der Waals surface area contributed by atoms with E-state index in [4.69, 9.17) is 5.11 Å². The molecular weight excluding hydrogens is 162 g/mol. The van der Waals surface area contributed by atoms with E-state index in [0.29, 0.717) is 5.92 Å². The van der Waals surface area contributed by atoms with Crippen LogP contribution in [0.3, 0.4) is 0 Å². The van der Waals surface area contributed by atoms with Crippen molar-refractivity contribution in [2.24, 2.45) is 0 Å². The maximum Gasteiger partial charge on any atom is 0.214 e. The van der Waals surface area contributed by atoms with Gasteiger partial charge in [0, 0.05) is 11.8 Å². The van der Waals surface area contributed by atoms with Crippen LogP contribution in [0.25, 0.3) is 0 Å². The predicted octanol–water partition coefficient (Wildman–Crippen LogP) is 2.33. The molecule has 0 unspecified atom stereocenters. The van der Waals surface area contributed by atoms with Crippen LogP contribution < -0.4 is 0 Å². The molecule has 0 amide bonds. The van der Waals surface area contributed by atoms with Crippen molar-refractivity contribution in [2.75, 3.05) is 0 Å². The summed E-state index contributed by atoms with van der Waals surface area (Å²) in [6, 6.07) is 3.71. The van der Waals surface area contributed by atoms with E-state index in [9.17, 15) is 0 Å². The van der Waals surface area contributed by atoms with Gasteiger partial charge in [-0.3, -0.25) is 0 Å². The van der Waals surface area contributed by atoms with Gasteiger partial charge in [-0.25, -0.2) is 4.98 Å². The van der Waals surface area contributed by atoms with Crippen molar-refractivity contribution in [2.45, 2.75) is 19.8 Å². The summed E-state index contributed by atoms with van der Waals surface area (Å²) in [5.41, 5.74) is 0.905. The zero-order valence-corrected chi connectivity index (χ0v) is 7.43. The smallest absolute Gasteiger partial charge is 0.214 e. The van der Waals surface area contributed by atoms with Crippen LogP contribution >= 0.6 is 12.4 Å². The lowest BCUT2D eigenvalue weighted by molar-refractivity contribution is 0.443. The van der Waals surface area contributed by atoms with Crippen LogP contribution in [0.1, 0.15) is 25.3 Å². The molecule has 0 fully saturated rings. The molecule has 0 aliphatic carbocycles. The number of hydrogen-bond donors (Lipinski definition) is 1. The highest BCUT2D eigenvalue weighted by Gasteiger charge is 2.03. The molecule has 62 valence electrons. The molecule has 0 saturated carbocycles. The second-order valence-corrected chi connectivity index (χ2v) is 2.57. The summed E-state index contributed by atoms with van der Waals surface area (Å²) in [6.07, 6.45) is 1.58. The summed E-state index contributed by atoms with van der Waals surface area (Å²) in [5, 5.41) is 9.17. The SMILES string of the molecule is CC(C)c1cccnc1O.Cl. The number of halogens is 1. The molecule has 0 aliphatic heterocycles. The van der Waals surface area contributed by atoms with Crippen LogP contribution in [-0.2, 0) is 0 Å². The topological polar surface area (TPSA) is 33.1 Å². The Balaban J connectivity index is 0.000001000. The van der Waals surface area contributed by atoms with E-state index in [-0.39, 0.29) is 18.3 Å². The van der Waals surface area contributed by atoms with E-state index < -0.39 is 0 Å². The van der Waals surface area contributed by atoms with Gasteiger partial charge in [0.1, 0.15) is 0 Å². The van der Waals surface area contributed by atoms with Gasteiger partial charge in [0.15, 0.2) is 0 Å². The molecule has 1 aromatic heterocycles. The van der Waals surface area contributed by atoms with E-state index >= 15 is 0 Å². The first-order valence-corrected chi connectivity index (χ1v) is 3.35. The second kappa shape index (κ2) is 4.19. The zero-order chi connectivity index (χ0) is 7.56. The van der Waals surface area contributed by atoms with Crippen molar-refractivity contribution in [3.8, 4) is 5.88 Å². The molecule has 1 rings (SSSR count). The molecule has 0 saturated heterocycles. The van der Waals surface area contributed by atoms with Gasteiger partial charge < -0.3 is 5.11 Å². The fourth-order valence-corrected chi connectivity index (χ4v) is 0.860. The van der Waals surface area contributed by atoms with E-state index in [1.807, 2.05) is 26.0 Å². The standard InChI is InChI=1S/C8H11NO.ClH/c1-6(2)7-4-3-5-9-8(7)10;/h3-6H,1-2H3,(H,9,10);1H. The number of aromatic hydroxyl groups is 1. The van der Waals surface area contributed by atoms with Crippen LogP contribution in [0.15, 0.2) is 18.3 Å². The highest BCUT2D eigenvalue weighted by atomic mass is 35.5. The van der Waals surface area contributed by atoms with Crippen LogP contribution in [0.2, 0.25) is 0 Å². The van der Waals surface area contributed by atoms with Crippen LogP contribution in [-0.4, -0.2) is 10.1 Å². The van der Waals surface area contributed by atoms with Crippen LogP contribution in [0.5, 0.6) is 5.88 Å². The summed E-state index contributed by atoms with van der Waals surface area (Å²) < 4.78 is 0. The molecule has 11 heavy (non-hydrogen) atoms. The highest BCUT2D eigenvalue weighted by Crippen LogP contribution is 2.21. The van der Waals surface area contributed by atoms with Gasteiger partial charge >= 0.3 is 0 Å². The van der Waals surface area contributed by atoms with Crippen molar-refractivity contribution in [3.63, 3.8) is 0 Å². The molecule has 1 heterocycles. The van der Waals surface area contributed by atoms with Gasteiger partial charge in [-0.15, -0.1) is 12.4 Å².